The summed E-state index contributed by atoms with van der Waals surface area (Å²) in [4.78, 5) is 20.0. The number of fused-ring (bicyclic) bond motifs is 1. The fraction of sp³-hybridized carbons (Fsp3) is 0.308. The van der Waals surface area contributed by atoms with Crippen LogP contribution in [-0.4, -0.2) is 56.1 Å². The first kappa shape index (κ1) is 14.9. The molecule has 0 saturated heterocycles. The Labute approximate surface area is 131 Å². The van der Waals surface area contributed by atoms with Gasteiger partial charge in [-0.3, -0.25) is 14.6 Å². The number of carbonyl (C=O) groups is 1. The second-order valence-corrected chi connectivity index (χ2v) is 4.75. The molecule has 3 heterocycles. The van der Waals surface area contributed by atoms with Gasteiger partial charge in [-0.1, -0.05) is 0 Å². The highest BCUT2D eigenvalue weighted by molar-refractivity contribution is 5.87. The fourth-order valence-electron chi connectivity index (χ4n) is 2.01. The Bertz CT molecular complexity index is 796. The van der Waals surface area contributed by atoms with Crippen LogP contribution in [0.15, 0.2) is 24.9 Å². The molecular weight excluding hydrogens is 300 g/mol. The minimum atomic E-state index is -0.129. The largest absolute Gasteiger partial charge is 0.383 e. The van der Waals surface area contributed by atoms with Gasteiger partial charge < -0.3 is 15.4 Å². The number of hydrogen-bond donors (Lipinski definition) is 3. The van der Waals surface area contributed by atoms with E-state index in [-0.39, 0.29) is 12.5 Å². The summed E-state index contributed by atoms with van der Waals surface area (Å²) in [5.74, 6) is 0.490. The summed E-state index contributed by atoms with van der Waals surface area (Å²) in [6, 6.07) is 0. The summed E-state index contributed by atoms with van der Waals surface area (Å²) < 4.78 is 6.41. The van der Waals surface area contributed by atoms with E-state index < -0.39 is 0 Å². The average Bonchev–Trinajstić information content (AvgIpc) is 3.17. The molecule has 3 aromatic heterocycles. The standard InChI is InChI=1S/C13H16N8O2/c1-23-3-2-14-11(22)7-21-6-9(4-18-21)19-12-10-5-17-20-13(10)16-8-15-12/h4-6,8H,2-3,7H2,1H3,(H,14,22)(H2,15,16,17,19,20). The van der Waals surface area contributed by atoms with Gasteiger partial charge in [0, 0.05) is 19.9 Å². The zero-order valence-electron chi connectivity index (χ0n) is 12.5. The van der Waals surface area contributed by atoms with E-state index in [1.165, 1.54) is 11.0 Å². The Hall–Kier alpha value is -3.01. The van der Waals surface area contributed by atoms with E-state index in [0.29, 0.717) is 24.6 Å². The Morgan fingerprint density at radius 1 is 1.39 bits per heavy atom. The fourth-order valence-corrected chi connectivity index (χ4v) is 2.01. The first-order valence-electron chi connectivity index (χ1n) is 6.95. The van der Waals surface area contributed by atoms with Gasteiger partial charge in [0.1, 0.15) is 18.7 Å². The van der Waals surface area contributed by atoms with Crippen LogP contribution in [0.5, 0.6) is 0 Å². The summed E-state index contributed by atoms with van der Waals surface area (Å²) in [6.07, 6.45) is 6.43. The van der Waals surface area contributed by atoms with Crippen molar-refractivity contribution in [2.24, 2.45) is 0 Å². The lowest BCUT2D eigenvalue weighted by molar-refractivity contribution is -0.122. The normalized spacial score (nSPS) is 10.8. The number of anilines is 2. The number of H-pyrrole nitrogens is 1. The Morgan fingerprint density at radius 3 is 3.17 bits per heavy atom. The highest BCUT2D eigenvalue weighted by Gasteiger charge is 2.08. The Morgan fingerprint density at radius 2 is 2.30 bits per heavy atom. The lowest BCUT2D eigenvalue weighted by atomic mass is 10.4. The molecule has 1 amide bonds. The molecule has 3 rings (SSSR count). The van der Waals surface area contributed by atoms with Crippen molar-refractivity contribution in [1.82, 2.24) is 35.3 Å². The summed E-state index contributed by atoms with van der Waals surface area (Å²) in [6.45, 7) is 1.09. The lowest BCUT2D eigenvalue weighted by Gasteiger charge is -2.04. The van der Waals surface area contributed by atoms with Crippen LogP contribution >= 0.6 is 0 Å². The van der Waals surface area contributed by atoms with E-state index in [1.807, 2.05) is 0 Å². The third-order valence-corrected chi connectivity index (χ3v) is 3.08. The average molecular weight is 316 g/mol. The van der Waals surface area contributed by atoms with Crippen LogP contribution in [0.1, 0.15) is 0 Å². The molecule has 0 aromatic carbocycles. The van der Waals surface area contributed by atoms with Gasteiger partial charge in [-0.15, -0.1) is 0 Å². The van der Waals surface area contributed by atoms with Crippen molar-refractivity contribution in [1.29, 1.82) is 0 Å². The number of methoxy groups -OCH3 is 1. The first-order valence-corrected chi connectivity index (χ1v) is 6.95. The topological polar surface area (TPSA) is 123 Å². The van der Waals surface area contributed by atoms with E-state index in [4.69, 9.17) is 4.74 Å². The van der Waals surface area contributed by atoms with Gasteiger partial charge in [-0.2, -0.15) is 10.2 Å². The number of amides is 1. The summed E-state index contributed by atoms with van der Waals surface area (Å²) in [5.41, 5.74) is 1.36. The maximum absolute atomic E-state index is 11.7. The third-order valence-electron chi connectivity index (χ3n) is 3.08. The second-order valence-electron chi connectivity index (χ2n) is 4.75. The highest BCUT2D eigenvalue weighted by Crippen LogP contribution is 2.20. The molecule has 0 bridgehead atoms. The molecule has 0 aliphatic carbocycles. The molecule has 0 spiro atoms. The molecule has 0 aliphatic rings. The quantitative estimate of drug-likeness (QED) is 0.526. The van der Waals surface area contributed by atoms with Gasteiger partial charge in [0.2, 0.25) is 5.91 Å². The van der Waals surface area contributed by atoms with Gasteiger partial charge >= 0.3 is 0 Å². The number of nitrogens with zero attached hydrogens (tertiary/aromatic N) is 5. The number of carbonyl (C=O) groups excluding carboxylic acids is 1. The van der Waals surface area contributed by atoms with E-state index in [2.05, 4.69) is 35.9 Å². The van der Waals surface area contributed by atoms with Crippen LogP contribution < -0.4 is 10.6 Å². The lowest BCUT2D eigenvalue weighted by Crippen LogP contribution is -2.30. The number of aromatic nitrogens is 6. The molecule has 0 aliphatic heterocycles. The molecule has 3 N–H and O–H groups in total. The Kier molecular flexibility index (Phi) is 4.43. The zero-order chi connectivity index (χ0) is 16.1. The van der Waals surface area contributed by atoms with Crippen molar-refractivity contribution in [2.45, 2.75) is 6.54 Å². The summed E-state index contributed by atoms with van der Waals surface area (Å²) in [7, 11) is 1.59. The Balaban J connectivity index is 1.63. The van der Waals surface area contributed by atoms with E-state index in [9.17, 15) is 4.79 Å². The van der Waals surface area contributed by atoms with Crippen molar-refractivity contribution in [2.75, 3.05) is 25.6 Å². The molecule has 0 fully saturated rings. The van der Waals surface area contributed by atoms with Gasteiger partial charge in [-0.05, 0) is 0 Å². The van der Waals surface area contributed by atoms with E-state index in [1.54, 1.807) is 25.7 Å². The van der Waals surface area contributed by atoms with E-state index >= 15 is 0 Å². The highest BCUT2D eigenvalue weighted by atomic mass is 16.5. The molecule has 0 radical (unpaired) electrons. The van der Waals surface area contributed by atoms with Gasteiger partial charge in [0.15, 0.2) is 5.65 Å². The molecule has 10 nitrogen and oxygen atoms in total. The van der Waals surface area contributed by atoms with Crippen LogP contribution in [0.2, 0.25) is 0 Å². The minimum absolute atomic E-state index is 0.129. The van der Waals surface area contributed by atoms with Crippen molar-refractivity contribution in [3.05, 3.63) is 24.9 Å². The molecule has 120 valence electrons. The smallest absolute Gasteiger partial charge is 0.241 e. The zero-order valence-corrected chi connectivity index (χ0v) is 12.5. The van der Waals surface area contributed by atoms with Crippen molar-refractivity contribution < 1.29 is 9.53 Å². The van der Waals surface area contributed by atoms with Crippen molar-refractivity contribution >= 4 is 28.4 Å². The van der Waals surface area contributed by atoms with Crippen LogP contribution in [0.3, 0.4) is 0 Å². The molecule has 0 saturated carbocycles. The van der Waals surface area contributed by atoms with Crippen LogP contribution in [0.4, 0.5) is 11.5 Å². The maximum atomic E-state index is 11.7. The SMILES string of the molecule is COCCNC(=O)Cn1cc(Nc2ncnc3[nH]ncc23)cn1. The van der Waals surface area contributed by atoms with Crippen LogP contribution in [0, 0.1) is 0 Å². The number of aromatic amines is 1. The minimum Gasteiger partial charge on any atom is -0.383 e. The predicted molar refractivity (Wildman–Crippen MR) is 82.1 cm³/mol. The van der Waals surface area contributed by atoms with Crippen molar-refractivity contribution in [3.8, 4) is 0 Å². The van der Waals surface area contributed by atoms with Gasteiger partial charge in [0.05, 0.1) is 30.1 Å². The molecule has 10 heteroatoms. The molecule has 23 heavy (non-hydrogen) atoms. The summed E-state index contributed by atoms with van der Waals surface area (Å²) >= 11 is 0. The number of ether oxygens (including phenoxy) is 1. The second kappa shape index (κ2) is 6.83. The molecule has 0 atom stereocenters. The number of nitrogens with one attached hydrogen (secondary N) is 3. The summed E-state index contributed by atoms with van der Waals surface area (Å²) in [5, 5.41) is 17.5. The van der Waals surface area contributed by atoms with Crippen LogP contribution in [0.25, 0.3) is 11.0 Å². The number of hydrogen-bond acceptors (Lipinski definition) is 7. The van der Waals surface area contributed by atoms with E-state index in [0.717, 1.165) is 11.1 Å². The van der Waals surface area contributed by atoms with Crippen LogP contribution in [-0.2, 0) is 16.1 Å². The third kappa shape index (κ3) is 3.61. The van der Waals surface area contributed by atoms with Gasteiger partial charge in [0.25, 0.3) is 0 Å². The predicted octanol–water partition coefficient (Wildman–Crippen LogP) is 0.0556. The monoisotopic (exact) mass is 316 g/mol. The molecule has 3 aromatic rings. The maximum Gasteiger partial charge on any atom is 0.241 e. The number of rotatable bonds is 7. The van der Waals surface area contributed by atoms with Crippen molar-refractivity contribution in [3.63, 3.8) is 0 Å². The molecular formula is C13H16N8O2. The molecule has 0 unspecified atom stereocenters. The first-order chi connectivity index (χ1) is 11.3. The van der Waals surface area contributed by atoms with Gasteiger partial charge in [-0.25, -0.2) is 9.97 Å².